The number of nitrogens with two attached hydrogens (primary N) is 1. The van der Waals surface area contributed by atoms with E-state index in [1.54, 1.807) is 13.8 Å². The second-order valence-corrected chi connectivity index (χ2v) is 5.18. The lowest BCUT2D eigenvalue weighted by atomic mass is 10.0. The smallest absolute Gasteiger partial charge is 0.393 e. The molecule has 0 aromatic heterocycles. The quantitative estimate of drug-likeness (QED) is 0.800. The molecule has 0 radical (unpaired) electrons. The first-order valence-corrected chi connectivity index (χ1v) is 6.53. The average molecular weight is 268 g/mol. The maximum absolute atomic E-state index is 13.1. The van der Waals surface area contributed by atoms with E-state index < -0.39 is 24.4 Å². The molecule has 108 valence electrons. The minimum atomic E-state index is -4.31. The molecule has 0 spiro atoms. The Morgan fingerprint density at radius 2 is 2.06 bits per heavy atom. The Labute approximate surface area is 106 Å². The molecule has 1 aliphatic heterocycles. The van der Waals surface area contributed by atoms with Gasteiger partial charge >= 0.3 is 6.18 Å². The molecule has 0 aromatic carbocycles. The van der Waals surface area contributed by atoms with Crippen molar-refractivity contribution in [2.24, 2.45) is 5.73 Å². The van der Waals surface area contributed by atoms with Gasteiger partial charge < -0.3 is 10.8 Å². The van der Waals surface area contributed by atoms with Crippen molar-refractivity contribution in [1.29, 1.82) is 0 Å². The van der Waals surface area contributed by atoms with Crippen molar-refractivity contribution in [3.8, 4) is 0 Å². The van der Waals surface area contributed by atoms with E-state index in [9.17, 15) is 18.3 Å². The highest BCUT2D eigenvalue weighted by atomic mass is 19.4. The molecule has 1 heterocycles. The fourth-order valence-electron chi connectivity index (χ4n) is 2.77. The van der Waals surface area contributed by atoms with Gasteiger partial charge in [0.25, 0.3) is 0 Å². The van der Waals surface area contributed by atoms with Crippen molar-refractivity contribution < 1.29 is 18.3 Å². The third kappa shape index (κ3) is 3.83. The largest absolute Gasteiger partial charge is 0.405 e. The minimum absolute atomic E-state index is 0.214. The number of aliphatic hydroxyl groups excluding tert-OH is 1. The van der Waals surface area contributed by atoms with Gasteiger partial charge in [0.1, 0.15) is 6.04 Å². The summed E-state index contributed by atoms with van der Waals surface area (Å²) in [5.41, 5.74) is 5.65. The van der Waals surface area contributed by atoms with Crippen LogP contribution < -0.4 is 5.73 Å². The van der Waals surface area contributed by atoms with Gasteiger partial charge in [-0.05, 0) is 39.2 Å². The molecule has 4 unspecified atom stereocenters. The van der Waals surface area contributed by atoms with E-state index in [1.807, 2.05) is 0 Å². The summed E-state index contributed by atoms with van der Waals surface area (Å²) in [5, 5.41) is 9.37. The molecule has 6 heteroatoms. The zero-order valence-electron chi connectivity index (χ0n) is 11.0. The first kappa shape index (κ1) is 15.7. The van der Waals surface area contributed by atoms with E-state index in [0.29, 0.717) is 25.8 Å². The van der Waals surface area contributed by atoms with Crippen LogP contribution in [-0.2, 0) is 0 Å². The lowest BCUT2D eigenvalue weighted by molar-refractivity contribution is -0.192. The zero-order chi connectivity index (χ0) is 13.9. The van der Waals surface area contributed by atoms with Gasteiger partial charge in [0, 0.05) is 12.1 Å². The molecule has 4 atom stereocenters. The van der Waals surface area contributed by atoms with Crippen LogP contribution in [0.4, 0.5) is 13.2 Å². The van der Waals surface area contributed by atoms with Crippen LogP contribution in [-0.4, -0.2) is 47.0 Å². The van der Waals surface area contributed by atoms with E-state index in [4.69, 9.17) is 5.73 Å². The fourth-order valence-corrected chi connectivity index (χ4v) is 2.77. The lowest BCUT2D eigenvalue weighted by Gasteiger charge is -2.37. The monoisotopic (exact) mass is 268 g/mol. The molecule has 1 saturated heterocycles. The predicted octanol–water partition coefficient (Wildman–Crippen LogP) is 1.89. The van der Waals surface area contributed by atoms with E-state index >= 15 is 0 Å². The number of rotatable bonds is 5. The van der Waals surface area contributed by atoms with Crippen LogP contribution in [0.3, 0.4) is 0 Å². The Morgan fingerprint density at radius 1 is 1.44 bits per heavy atom. The third-order valence-corrected chi connectivity index (χ3v) is 3.61. The molecule has 0 amide bonds. The second kappa shape index (κ2) is 6.21. The first-order chi connectivity index (χ1) is 8.27. The Hall–Kier alpha value is -0.330. The van der Waals surface area contributed by atoms with Gasteiger partial charge in [0.15, 0.2) is 0 Å². The molecule has 1 fully saturated rings. The van der Waals surface area contributed by atoms with Crippen LogP contribution >= 0.6 is 0 Å². The maximum Gasteiger partial charge on any atom is 0.405 e. The van der Waals surface area contributed by atoms with Gasteiger partial charge in [0.05, 0.1) is 6.10 Å². The molecular weight excluding hydrogens is 245 g/mol. The van der Waals surface area contributed by atoms with E-state index in [-0.39, 0.29) is 6.04 Å². The summed E-state index contributed by atoms with van der Waals surface area (Å²) >= 11 is 0. The second-order valence-electron chi connectivity index (χ2n) is 5.18. The van der Waals surface area contributed by atoms with Crippen LogP contribution in [0.15, 0.2) is 0 Å². The summed E-state index contributed by atoms with van der Waals surface area (Å²) in [6.45, 7) is 3.69. The highest BCUT2D eigenvalue weighted by Gasteiger charge is 2.49. The fraction of sp³-hybridized carbons (Fsp3) is 1.00. The van der Waals surface area contributed by atoms with Crippen molar-refractivity contribution in [1.82, 2.24) is 4.90 Å². The average Bonchev–Trinajstić information content (AvgIpc) is 2.63. The Bertz CT molecular complexity index is 258. The normalized spacial score (nSPS) is 27.2. The highest BCUT2D eigenvalue weighted by Crippen LogP contribution is 2.34. The van der Waals surface area contributed by atoms with Crippen molar-refractivity contribution in [2.75, 3.05) is 6.54 Å². The van der Waals surface area contributed by atoms with Crippen LogP contribution in [0.2, 0.25) is 0 Å². The lowest BCUT2D eigenvalue weighted by Crippen LogP contribution is -2.57. The molecule has 3 nitrogen and oxygen atoms in total. The van der Waals surface area contributed by atoms with Crippen LogP contribution in [0.25, 0.3) is 0 Å². The SMILES string of the molecule is CCC(N)C(N1CCCC1CC(C)O)C(F)(F)F. The molecule has 18 heavy (non-hydrogen) atoms. The van der Waals surface area contributed by atoms with Crippen molar-refractivity contribution >= 4 is 0 Å². The van der Waals surface area contributed by atoms with Crippen LogP contribution in [0.5, 0.6) is 0 Å². The van der Waals surface area contributed by atoms with Gasteiger partial charge in [-0.1, -0.05) is 6.92 Å². The summed E-state index contributed by atoms with van der Waals surface area (Å²) in [6.07, 6.45) is -2.78. The number of halogens is 3. The molecule has 0 saturated carbocycles. The molecule has 1 aliphatic rings. The van der Waals surface area contributed by atoms with Gasteiger partial charge in [-0.2, -0.15) is 13.2 Å². The van der Waals surface area contributed by atoms with Gasteiger partial charge in [0.2, 0.25) is 0 Å². The summed E-state index contributed by atoms with van der Waals surface area (Å²) in [5.74, 6) is 0. The van der Waals surface area contributed by atoms with E-state index in [1.165, 1.54) is 4.90 Å². The molecule has 0 aliphatic carbocycles. The number of likely N-dealkylation sites (tertiary alicyclic amines) is 1. The summed E-state index contributed by atoms with van der Waals surface area (Å²) in [4.78, 5) is 1.45. The van der Waals surface area contributed by atoms with Crippen LogP contribution in [0, 0.1) is 0 Å². The topological polar surface area (TPSA) is 49.5 Å². The molecule has 0 bridgehead atoms. The highest BCUT2D eigenvalue weighted by molar-refractivity contribution is 4.94. The predicted molar refractivity (Wildman–Crippen MR) is 64.1 cm³/mol. The van der Waals surface area contributed by atoms with Crippen molar-refractivity contribution in [3.05, 3.63) is 0 Å². The summed E-state index contributed by atoms with van der Waals surface area (Å²) in [7, 11) is 0. The molecule has 0 aromatic rings. The van der Waals surface area contributed by atoms with Gasteiger partial charge in [-0.3, -0.25) is 4.90 Å². The summed E-state index contributed by atoms with van der Waals surface area (Å²) < 4.78 is 39.4. The summed E-state index contributed by atoms with van der Waals surface area (Å²) in [6, 6.07) is -2.71. The number of nitrogens with zero attached hydrogens (tertiary/aromatic N) is 1. The third-order valence-electron chi connectivity index (χ3n) is 3.61. The molecule has 3 N–H and O–H groups in total. The number of alkyl halides is 3. The molecule has 1 rings (SSSR count). The first-order valence-electron chi connectivity index (χ1n) is 6.53. The standard InChI is InChI=1S/C12H23F3N2O/c1-3-10(16)11(12(13,14)15)17-6-4-5-9(17)7-8(2)18/h8-11,18H,3-7,16H2,1-2H3. The Morgan fingerprint density at radius 3 is 2.50 bits per heavy atom. The number of hydrogen-bond acceptors (Lipinski definition) is 3. The van der Waals surface area contributed by atoms with E-state index in [2.05, 4.69) is 0 Å². The Kier molecular flexibility index (Phi) is 5.43. The maximum atomic E-state index is 13.1. The number of hydrogen-bond donors (Lipinski definition) is 2. The Balaban J connectivity index is 2.84. The van der Waals surface area contributed by atoms with Crippen LogP contribution in [0.1, 0.15) is 39.5 Å². The van der Waals surface area contributed by atoms with Crippen molar-refractivity contribution in [3.63, 3.8) is 0 Å². The minimum Gasteiger partial charge on any atom is -0.393 e. The van der Waals surface area contributed by atoms with E-state index in [0.717, 1.165) is 6.42 Å². The number of aliphatic hydroxyl groups is 1. The van der Waals surface area contributed by atoms with Gasteiger partial charge in [-0.15, -0.1) is 0 Å². The molecular formula is C12H23F3N2O. The van der Waals surface area contributed by atoms with Gasteiger partial charge in [-0.25, -0.2) is 0 Å². The van der Waals surface area contributed by atoms with Crippen molar-refractivity contribution in [2.45, 2.75) is 69.9 Å². The zero-order valence-corrected chi connectivity index (χ0v) is 11.0.